The van der Waals surface area contributed by atoms with Gasteiger partial charge in [-0.2, -0.15) is 4.98 Å². The van der Waals surface area contributed by atoms with Gasteiger partial charge in [0.1, 0.15) is 11.6 Å². The number of hydrogen-bond donors (Lipinski definition) is 1. The van der Waals surface area contributed by atoms with Crippen LogP contribution in [0.2, 0.25) is 0 Å². The Morgan fingerprint density at radius 3 is 2.52 bits per heavy atom. The van der Waals surface area contributed by atoms with E-state index in [1.807, 2.05) is 17.0 Å². The van der Waals surface area contributed by atoms with E-state index in [9.17, 15) is 9.59 Å². The Balaban J connectivity index is 1.37. The number of furan rings is 2. The quantitative estimate of drug-likeness (QED) is 0.685. The molecule has 1 atom stereocenters. The molecular weight excluding hydrogens is 398 g/mol. The lowest BCUT2D eigenvalue weighted by molar-refractivity contribution is 0.0714. The van der Waals surface area contributed by atoms with Crippen LogP contribution in [0.4, 0.5) is 11.8 Å². The summed E-state index contributed by atoms with van der Waals surface area (Å²) >= 11 is 0. The molecule has 1 N–H and O–H groups in total. The van der Waals surface area contributed by atoms with Crippen molar-refractivity contribution >= 4 is 23.5 Å². The second-order valence-electron chi connectivity index (χ2n) is 7.74. The molecule has 0 aromatic carbocycles. The Hall–Kier alpha value is -3.62. The maximum Gasteiger partial charge on any atom is 0.289 e. The van der Waals surface area contributed by atoms with Gasteiger partial charge in [0.2, 0.25) is 5.95 Å². The Bertz CT molecular complexity index is 1090. The fourth-order valence-electron chi connectivity index (χ4n) is 4.28. The van der Waals surface area contributed by atoms with Gasteiger partial charge >= 0.3 is 0 Å². The van der Waals surface area contributed by atoms with E-state index in [0.717, 1.165) is 11.5 Å². The monoisotopic (exact) mass is 421 g/mol. The largest absolute Gasteiger partial charge is 0.469 e. The number of rotatable bonds is 4. The number of Topliss-reactive ketones (excluding diaryl/α,β-unsaturated/α-hetero) is 1. The van der Waals surface area contributed by atoms with Crippen LogP contribution in [0.1, 0.15) is 44.7 Å². The highest BCUT2D eigenvalue weighted by atomic mass is 16.3. The highest BCUT2D eigenvalue weighted by Crippen LogP contribution is 2.35. The summed E-state index contributed by atoms with van der Waals surface area (Å²) in [6.07, 6.45) is 4.13. The predicted octanol–water partition coefficient (Wildman–Crippen LogP) is 2.58. The summed E-state index contributed by atoms with van der Waals surface area (Å²) in [5.41, 5.74) is 1.31. The van der Waals surface area contributed by atoms with Gasteiger partial charge in [-0.1, -0.05) is 0 Å². The van der Waals surface area contributed by atoms with Crippen molar-refractivity contribution in [3.8, 4) is 0 Å². The van der Waals surface area contributed by atoms with Gasteiger partial charge in [0.05, 0.1) is 23.8 Å². The molecule has 3 aromatic rings. The van der Waals surface area contributed by atoms with Crippen LogP contribution in [0.15, 0.2) is 45.6 Å². The molecule has 160 valence electrons. The van der Waals surface area contributed by atoms with E-state index in [2.05, 4.69) is 10.3 Å². The second-order valence-corrected chi connectivity index (χ2v) is 7.74. The van der Waals surface area contributed by atoms with E-state index in [-0.39, 0.29) is 17.6 Å². The number of carbonyl (C=O) groups excluding carboxylic acids is 2. The summed E-state index contributed by atoms with van der Waals surface area (Å²) in [4.78, 5) is 38.6. The summed E-state index contributed by atoms with van der Waals surface area (Å²) in [6.45, 7) is 2.29. The van der Waals surface area contributed by atoms with Gasteiger partial charge in [-0.25, -0.2) is 4.98 Å². The number of ketones is 1. The third-order valence-electron chi connectivity index (χ3n) is 5.89. The predicted molar refractivity (Wildman–Crippen MR) is 113 cm³/mol. The number of fused-ring (bicyclic) bond motifs is 1. The third-order valence-corrected chi connectivity index (χ3v) is 5.89. The molecule has 1 aliphatic heterocycles. The van der Waals surface area contributed by atoms with Crippen LogP contribution in [0.3, 0.4) is 0 Å². The van der Waals surface area contributed by atoms with Crippen LogP contribution in [0.5, 0.6) is 0 Å². The molecule has 1 saturated heterocycles. The Labute approximate surface area is 179 Å². The van der Waals surface area contributed by atoms with Crippen molar-refractivity contribution in [3.05, 3.63) is 59.6 Å². The van der Waals surface area contributed by atoms with Crippen LogP contribution in [-0.2, 0) is 6.42 Å². The minimum Gasteiger partial charge on any atom is -0.469 e. The minimum absolute atomic E-state index is 0.0208. The van der Waals surface area contributed by atoms with Gasteiger partial charge in [0.15, 0.2) is 11.5 Å². The van der Waals surface area contributed by atoms with Crippen LogP contribution in [0, 0.1) is 0 Å². The number of hydrogen-bond acceptors (Lipinski definition) is 8. The fourth-order valence-corrected chi connectivity index (χ4v) is 4.28. The third kappa shape index (κ3) is 3.56. The van der Waals surface area contributed by atoms with Gasteiger partial charge in [-0.15, -0.1) is 0 Å². The molecule has 9 nitrogen and oxygen atoms in total. The molecule has 9 heteroatoms. The summed E-state index contributed by atoms with van der Waals surface area (Å²) in [6, 6.07) is 7.12. The van der Waals surface area contributed by atoms with Crippen molar-refractivity contribution in [3.63, 3.8) is 0 Å². The molecule has 0 saturated carbocycles. The van der Waals surface area contributed by atoms with E-state index in [0.29, 0.717) is 62.1 Å². The number of carbonyl (C=O) groups is 2. The molecular formula is C22H23N5O4. The molecule has 1 amide bonds. The average molecular weight is 421 g/mol. The minimum atomic E-state index is -0.112. The first-order valence-electron chi connectivity index (χ1n) is 10.4. The molecule has 2 aliphatic rings. The Morgan fingerprint density at radius 1 is 1.06 bits per heavy atom. The number of piperazine rings is 1. The van der Waals surface area contributed by atoms with E-state index in [1.165, 1.54) is 6.26 Å². The molecule has 4 heterocycles. The molecule has 0 spiro atoms. The lowest BCUT2D eigenvalue weighted by Gasteiger charge is -2.35. The van der Waals surface area contributed by atoms with Crippen molar-refractivity contribution in [1.82, 2.24) is 14.9 Å². The number of anilines is 2. The number of nitrogens with zero attached hydrogens (tertiary/aromatic N) is 4. The summed E-state index contributed by atoms with van der Waals surface area (Å²) < 4.78 is 10.8. The molecule has 0 radical (unpaired) electrons. The fraction of sp³-hybridized carbons (Fsp3) is 0.364. The summed E-state index contributed by atoms with van der Waals surface area (Å²) in [7, 11) is 1.76. The first kappa shape index (κ1) is 19.3. The van der Waals surface area contributed by atoms with E-state index in [1.54, 1.807) is 30.3 Å². The zero-order valence-electron chi connectivity index (χ0n) is 17.2. The van der Waals surface area contributed by atoms with Gasteiger partial charge in [0, 0.05) is 52.0 Å². The Morgan fingerprint density at radius 2 is 1.84 bits per heavy atom. The molecule has 1 fully saturated rings. The van der Waals surface area contributed by atoms with Crippen molar-refractivity contribution in [2.75, 3.05) is 43.4 Å². The molecule has 31 heavy (non-hydrogen) atoms. The van der Waals surface area contributed by atoms with E-state index >= 15 is 0 Å². The van der Waals surface area contributed by atoms with Gasteiger partial charge in [-0.3, -0.25) is 9.59 Å². The molecule has 0 bridgehead atoms. The molecule has 5 rings (SSSR count). The van der Waals surface area contributed by atoms with Crippen LogP contribution < -0.4 is 10.2 Å². The van der Waals surface area contributed by atoms with E-state index < -0.39 is 0 Å². The number of amides is 1. The molecule has 0 unspecified atom stereocenters. The topological polar surface area (TPSA) is 105 Å². The SMILES string of the molecule is CNc1nc(N2CCN(C(=O)c3ccco3)CC2)nc2c1C(=O)C[C@H](c1ccco1)C2. The molecule has 3 aromatic heterocycles. The van der Waals surface area contributed by atoms with Crippen molar-refractivity contribution in [1.29, 1.82) is 0 Å². The van der Waals surface area contributed by atoms with Crippen LogP contribution in [-0.4, -0.2) is 59.8 Å². The highest BCUT2D eigenvalue weighted by Gasteiger charge is 2.33. The maximum absolute atomic E-state index is 12.9. The first-order chi connectivity index (χ1) is 15.1. The van der Waals surface area contributed by atoms with Gasteiger partial charge < -0.3 is 24.0 Å². The van der Waals surface area contributed by atoms with E-state index in [4.69, 9.17) is 13.8 Å². The zero-order valence-corrected chi connectivity index (χ0v) is 17.2. The standard InChI is InChI=1S/C22H23N5O4/c1-23-20-19-15(12-14(13-16(19)28)17-4-2-10-30-17)24-22(25-20)27-8-6-26(7-9-27)21(29)18-5-3-11-31-18/h2-5,10-11,14H,6-9,12-13H2,1H3,(H,23,24,25)/t14-/m1/s1. The van der Waals surface area contributed by atoms with Gasteiger partial charge in [0.25, 0.3) is 5.91 Å². The summed E-state index contributed by atoms with van der Waals surface area (Å²) in [5, 5.41) is 3.06. The molecule has 1 aliphatic carbocycles. The normalized spacial score (nSPS) is 18.7. The van der Waals surface area contributed by atoms with Crippen LogP contribution >= 0.6 is 0 Å². The first-order valence-corrected chi connectivity index (χ1v) is 10.4. The van der Waals surface area contributed by atoms with Crippen molar-refractivity contribution < 1.29 is 18.4 Å². The smallest absolute Gasteiger partial charge is 0.289 e. The maximum atomic E-state index is 12.9. The Kier molecular flexibility index (Phi) is 4.93. The highest BCUT2D eigenvalue weighted by molar-refractivity contribution is 6.03. The lowest BCUT2D eigenvalue weighted by Crippen LogP contribution is -2.49. The lowest BCUT2D eigenvalue weighted by atomic mass is 9.84. The second kappa shape index (κ2) is 7.90. The summed E-state index contributed by atoms with van der Waals surface area (Å²) in [5.74, 6) is 2.16. The number of aromatic nitrogens is 2. The van der Waals surface area contributed by atoms with Gasteiger partial charge in [-0.05, 0) is 24.3 Å². The van der Waals surface area contributed by atoms with Crippen molar-refractivity contribution in [2.45, 2.75) is 18.8 Å². The number of nitrogens with one attached hydrogen (secondary N) is 1. The van der Waals surface area contributed by atoms with Crippen LogP contribution in [0.25, 0.3) is 0 Å². The zero-order chi connectivity index (χ0) is 21.4. The average Bonchev–Trinajstić information content (AvgIpc) is 3.52. The van der Waals surface area contributed by atoms with Crippen molar-refractivity contribution in [2.24, 2.45) is 0 Å².